The first-order valence-electron chi connectivity index (χ1n) is 6.56. The van der Waals surface area contributed by atoms with E-state index < -0.39 is 11.9 Å². The Kier molecular flexibility index (Phi) is 4.49. The summed E-state index contributed by atoms with van der Waals surface area (Å²) in [6.07, 6.45) is 5.97. The van der Waals surface area contributed by atoms with Gasteiger partial charge in [0.05, 0.1) is 5.92 Å². The van der Waals surface area contributed by atoms with Gasteiger partial charge in [-0.05, 0) is 37.0 Å². The first-order chi connectivity index (χ1) is 9.16. The van der Waals surface area contributed by atoms with Gasteiger partial charge in [0.1, 0.15) is 0 Å². The summed E-state index contributed by atoms with van der Waals surface area (Å²) < 4.78 is 0. The Morgan fingerprint density at radius 1 is 1.37 bits per heavy atom. The molecule has 2 rings (SSSR count). The van der Waals surface area contributed by atoms with E-state index in [1.165, 1.54) is 0 Å². The number of carbonyl (C=O) groups excluding carboxylic acids is 1. The van der Waals surface area contributed by atoms with Gasteiger partial charge >= 0.3 is 5.97 Å². The monoisotopic (exact) mass is 262 g/mol. The molecule has 0 spiro atoms. The number of carbonyl (C=O) groups is 2. The molecule has 0 radical (unpaired) electrons. The molecule has 0 aromatic carbocycles. The lowest BCUT2D eigenvalue weighted by atomic mass is 9.98. The highest BCUT2D eigenvalue weighted by Crippen LogP contribution is 2.17. The Labute approximate surface area is 112 Å². The highest BCUT2D eigenvalue weighted by atomic mass is 16.4. The van der Waals surface area contributed by atoms with Crippen molar-refractivity contribution in [2.75, 3.05) is 13.1 Å². The minimum Gasteiger partial charge on any atom is -0.481 e. The quantitative estimate of drug-likeness (QED) is 0.888. The predicted molar refractivity (Wildman–Crippen MR) is 69.5 cm³/mol. The fourth-order valence-electron chi connectivity index (χ4n) is 2.36. The van der Waals surface area contributed by atoms with E-state index in [0.29, 0.717) is 32.4 Å². The number of aryl methyl sites for hydroxylation is 1. The van der Waals surface area contributed by atoms with Gasteiger partial charge in [-0.1, -0.05) is 0 Å². The second-order valence-corrected chi connectivity index (χ2v) is 4.87. The van der Waals surface area contributed by atoms with Crippen molar-refractivity contribution in [3.8, 4) is 0 Å². The smallest absolute Gasteiger partial charge is 0.308 e. The largest absolute Gasteiger partial charge is 0.481 e. The molecule has 0 unspecified atom stereocenters. The zero-order valence-corrected chi connectivity index (χ0v) is 10.8. The number of nitrogens with zero attached hydrogens (tertiary/aromatic N) is 2. The average molecular weight is 262 g/mol. The van der Waals surface area contributed by atoms with E-state index in [2.05, 4.69) is 4.98 Å². The Morgan fingerprint density at radius 2 is 2.11 bits per heavy atom. The van der Waals surface area contributed by atoms with Gasteiger partial charge in [0.15, 0.2) is 0 Å². The lowest BCUT2D eigenvalue weighted by Crippen LogP contribution is -2.42. The molecule has 0 saturated carbocycles. The fourth-order valence-corrected chi connectivity index (χ4v) is 2.36. The third-order valence-corrected chi connectivity index (χ3v) is 3.50. The molecule has 0 bridgehead atoms. The van der Waals surface area contributed by atoms with Gasteiger partial charge in [0, 0.05) is 31.9 Å². The lowest BCUT2D eigenvalue weighted by molar-refractivity contribution is -0.145. The molecule has 1 aromatic rings. The van der Waals surface area contributed by atoms with Crippen LogP contribution in [-0.4, -0.2) is 40.0 Å². The number of carboxylic acid groups (broad SMARTS) is 1. The number of pyridine rings is 1. The highest BCUT2D eigenvalue weighted by Gasteiger charge is 2.27. The van der Waals surface area contributed by atoms with Crippen molar-refractivity contribution in [3.63, 3.8) is 0 Å². The maximum Gasteiger partial charge on any atom is 0.308 e. The summed E-state index contributed by atoms with van der Waals surface area (Å²) >= 11 is 0. The highest BCUT2D eigenvalue weighted by molar-refractivity contribution is 5.78. The molecule has 5 nitrogen and oxygen atoms in total. The van der Waals surface area contributed by atoms with Crippen LogP contribution in [0.15, 0.2) is 24.5 Å². The van der Waals surface area contributed by atoms with Crippen molar-refractivity contribution in [2.24, 2.45) is 5.92 Å². The number of hydrogen-bond donors (Lipinski definition) is 1. The van der Waals surface area contributed by atoms with E-state index in [4.69, 9.17) is 5.11 Å². The average Bonchev–Trinajstić information content (AvgIpc) is 2.46. The van der Waals surface area contributed by atoms with Gasteiger partial charge < -0.3 is 10.0 Å². The van der Waals surface area contributed by atoms with Gasteiger partial charge in [-0.15, -0.1) is 0 Å². The molecule has 1 amide bonds. The molecule has 1 fully saturated rings. The fraction of sp³-hybridized carbons (Fsp3) is 0.500. The van der Waals surface area contributed by atoms with Crippen molar-refractivity contribution >= 4 is 11.9 Å². The third-order valence-electron chi connectivity index (χ3n) is 3.50. The second kappa shape index (κ2) is 6.31. The molecule has 19 heavy (non-hydrogen) atoms. The van der Waals surface area contributed by atoms with Crippen LogP contribution < -0.4 is 0 Å². The summed E-state index contributed by atoms with van der Waals surface area (Å²) in [6, 6.07) is 3.78. The number of hydrogen-bond acceptors (Lipinski definition) is 3. The predicted octanol–water partition coefficient (Wildman–Crippen LogP) is 1.34. The molecule has 2 heterocycles. The molecular weight excluding hydrogens is 244 g/mol. The molecule has 1 saturated heterocycles. The van der Waals surface area contributed by atoms with Gasteiger partial charge in [0.2, 0.25) is 5.91 Å². The maximum absolute atomic E-state index is 12.1. The first-order valence-corrected chi connectivity index (χ1v) is 6.56. The van der Waals surface area contributed by atoms with E-state index in [-0.39, 0.29) is 5.91 Å². The van der Waals surface area contributed by atoms with Crippen LogP contribution in [0.2, 0.25) is 0 Å². The van der Waals surface area contributed by atoms with Crippen molar-refractivity contribution < 1.29 is 14.7 Å². The number of aromatic nitrogens is 1. The molecular formula is C14H18N2O3. The van der Waals surface area contributed by atoms with Gasteiger partial charge in [-0.3, -0.25) is 14.6 Å². The van der Waals surface area contributed by atoms with Gasteiger partial charge in [-0.25, -0.2) is 0 Å². The summed E-state index contributed by atoms with van der Waals surface area (Å²) in [5.74, 6) is -1.16. The van der Waals surface area contributed by atoms with E-state index in [1.807, 2.05) is 12.1 Å². The van der Waals surface area contributed by atoms with E-state index in [9.17, 15) is 9.59 Å². The number of aliphatic carboxylic acids is 1. The molecule has 1 N–H and O–H groups in total. The van der Waals surface area contributed by atoms with Crippen LogP contribution >= 0.6 is 0 Å². The number of piperidine rings is 1. The van der Waals surface area contributed by atoms with Gasteiger partial charge in [0.25, 0.3) is 0 Å². The molecule has 1 aliphatic rings. The normalized spacial score (nSPS) is 19.2. The van der Waals surface area contributed by atoms with Crippen LogP contribution in [0.25, 0.3) is 0 Å². The number of carboxylic acids is 1. The van der Waals surface area contributed by atoms with Crippen LogP contribution in [0.1, 0.15) is 24.8 Å². The SMILES string of the molecule is O=C(O)[C@H]1CCCN(C(=O)CCc2ccncc2)C1. The Hall–Kier alpha value is -1.91. The molecule has 102 valence electrons. The summed E-state index contributed by atoms with van der Waals surface area (Å²) in [5.41, 5.74) is 1.08. The summed E-state index contributed by atoms with van der Waals surface area (Å²) in [5, 5.41) is 9.00. The van der Waals surface area contributed by atoms with Crippen LogP contribution in [0.4, 0.5) is 0 Å². The molecule has 0 aliphatic carbocycles. The molecule has 5 heteroatoms. The number of rotatable bonds is 4. The van der Waals surface area contributed by atoms with Crippen LogP contribution in [-0.2, 0) is 16.0 Å². The minimum atomic E-state index is -0.799. The zero-order chi connectivity index (χ0) is 13.7. The Balaban J connectivity index is 1.84. The summed E-state index contributed by atoms with van der Waals surface area (Å²) in [4.78, 5) is 28.6. The maximum atomic E-state index is 12.1. The first kappa shape index (κ1) is 13.5. The standard InChI is InChI=1S/C14H18N2O3/c17-13(4-3-11-5-7-15-8-6-11)16-9-1-2-12(10-16)14(18)19/h5-8,12H,1-4,9-10H2,(H,18,19)/t12-/m0/s1. The van der Waals surface area contributed by atoms with E-state index in [1.54, 1.807) is 17.3 Å². The number of amides is 1. The van der Waals surface area contributed by atoms with E-state index in [0.717, 1.165) is 12.0 Å². The summed E-state index contributed by atoms with van der Waals surface area (Å²) in [7, 11) is 0. The second-order valence-electron chi connectivity index (χ2n) is 4.87. The Bertz CT molecular complexity index is 447. The minimum absolute atomic E-state index is 0.0442. The van der Waals surface area contributed by atoms with Crippen LogP contribution in [0.3, 0.4) is 0 Å². The molecule has 1 aromatic heterocycles. The molecule has 1 atom stereocenters. The molecule has 1 aliphatic heterocycles. The van der Waals surface area contributed by atoms with Crippen molar-refractivity contribution in [1.82, 2.24) is 9.88 Å². The topological polar surface area (TPSA) is 70.5 Å². The number of likely N-dealkylation sites (tertiary alicyclic amines) is 1. The van der Waals surface area contributed by atoms with E-state index >= 15 is 0 Å². The third kappa shape index (κ3) is 3.77. The summed E-state index contributed by atoms with van der Waals surface area (Å²) in [6.45, 7) is 1.03. The van der Waals surface area contributed by atoms with Crippen molar-refractivity contribution in [2.45, 2.75) is 25.7 Å². The zero-order valence-electron chi connectivity index (χ0n) is 10.8. The van der Waals surface area contributed by atoms with Crippen molar-refractivity contribution in [3.05, 3.63) is 30.1 Å². The lowest BCUT2D eigenvalue weighted by Gasteiger charge is -2.30. The Morgan fingerprint density at radius 3 is 2.79 bits per heavy atom. The van der Waals surface area contributed by atoms with Gasteiger partial charge in [-0.2, -0.15) is 0 Å². The van der Waals surface area contributed by atoms with Crippen LogP contribution in [0.5, 0.6) is 0 Å². The van der Waals surface area contributed by atoms with Crippen LogP contribution in [0, 0.1) is 5.92 Å². The van der Waals surface area contributed by atoms with Crippen molar-refractivity contribution in [1.29, 1.82) is 0 Å².